The zero-order valence-corrected chi connectivity index (χ0v) is 13.5. The quantitative estimate of drug-likeness (QED) is 0.574. The summed E-state index contributed by atoms with van der Waals surface area (Å²) in [4.78, 5) is 19.9. The first-order chi connectivity index (χ1) is 12.2. The van der Waals surface area contributed by atoms with E-state index in [1.807, 2.05) is 60.7 Å². The highest BCUT2D eigenvalue weighted by molar-refractivity contribution is 5.87. The summed E-state index contributed by atoms with van der Waals surface area (Å²) in [5.74, 6) is -0.204. The van der Waals surface area contributed by atoms with Gasteiger partial charge in [0.15, 0.2) is 11.5 Å². The molecule has 0 aliphatic heterocycles. The van der Waals surface area contributed by atoms with E-state index in [0.29, 0.717) is 24.7 Å². The lowest BCUT2D eigenvalue weighted by Crippen LogP contribution is -2.15. The maximum absolute atomic E-state index is 11.3. The Hall–Kier alpha value is -3.41. The Bertz CT molecular complexity index is 839. The Balaban J connectivity index is 1.70. The van der Waals surface area contributed by atoms with Crippen LogP contribution in [0.3, 0.4) is 0 Å². The number of carbonyl (C=O) groups is 1. The summed E-state index contributed by atoms with van der Waals surface area (Å²) in [5, 5.41) is 15.7. The van der Waals surface area contributed by atoms with Crippen molar-refractivity contribution in [3.05, 3.63) is 72.4 Å². The molecule has 0 radical (unpaired) electrons. The van der Waals surface area contributed by atoms with Crippen molar-refractivity contribution in [3.8, 4) is 11.4 Å². The minimum absolute atomic E-state index is 0.0348. The lowest BCUT2D eigenvalue weighted by atomic mass is 10.2. The smallest absolute Gasteiger partial charge is 0.354 e. The van der Waals surface area contributed by atoms with Gasteiger partial charge in [0.05, 0.1) is 0 Å². The van der Waals surface area contributed by atoms with E-state index in [-0.39, 0.29) is 5.69 Å². The molecule has 0 spiro atoms. The SMILES string of the molecule is O=C(O)c1cc(NCCNc2ccccc2)nc(-c2ccccc2)n1. The van der Waals surface area contributed by atoms with Crippen LogP contribution >= 0.6 is 0 Å². The Morgan fingerprint density at radius 3 is 2.20 bits per heavy atom. The molecule has 1 heterocycles. The molecular formula is C19H18N4O2. The molecule has 6 nitrogen and oxygen atoms in total. The monoisotopic (exact) mass is 334 g/mol. The number of benzene rings is 2. The predicted molar refractivity (Wildman–Crippen MR) is 97.8 cm³/mol. The van der Waals surface area contributed by atoms with Gasteiger partial charge >= 0.3 is 5.97 Å². The first-order valence-electron chi connectivity index (χ1n) is 7.93. The molecule has 6 heteroatoms. The van der Waals surface area contributed by atoms with Gasteiger partial charge in [0.1, 0.15) is 5.82 Å². The summed E-state index contributed by atoms with van der Waals surface area (Å²) in [7, 11) is 0. The van der Waals surface area contributed by atoms with Gasteiger partial charge in [-0.2, -0.15) is 0 Å². The number of aromatic nitrogens is 2. The molecule has 0 saturated heterocycles. The number of hydrogen-bond donors (Lipinski definition) is 3. The van der Waals surface area contributed by atoms with E-state index in [9.17, 15) is 9.90 Å². The van der Waals surface area contributed by atoms with Crippen LogP contribution in [0.1, 0.15) is 10.5 Å². The zero-order valence-electron chi connectivity index (χ0n) is 13.5. The van der Waals surface area contributed by atoms with Crippen molar-refractivity contribution < 1.29 is 9.90 Å². The van der Waals surface area contributed by atoms with Crippen LogP contribution in [0.15, 0.2) is 66.7 Å². The topological polar surface area (TPSA) is 87.1 Å². The van der Waals surface area contributed by atoms with Crippen LogP contribution in [-0.4, -0.2) is 34.1 Å². The van der Waals surface area contributed by atoms with Gasteiger partial charge < -0.3 is 15.7 Å². The van der Waals surface area contributed by atoms with Crippen molar-refractivity contribution in [2.75, 3.05) is 23.7 Å². The summed E-state index contributed by atoms with van der Waals surface area (Å²) in [5.41, 5.74) is 1.77. The van der Waals surface area contributed by atoms with Crippen molar-refractivity contribution in [2.24, 2.45) is 0 Å². The molecule has 3 rings (SSSR count). The van der Waals surface area contributed by atoms with Crippen molar-refractivity contribution >= 4 is 17.5 Å². The maximum Gasteiger partial charge on any atom is 0.354 e. The summed E-state index contributed by atoms with van der Waals surface area (Å²) in [6.45, 7) is 1.27. The number of hydrogen-bond acceptors (Lipinski definition) is 5. The first kappa shape index (κ1) is 16.4. The number of carboxylic acids is 1. The molecule has 25 heavy (non-hydrogen) atoms. The number of rotatable bonds is 7. The zero-order chi connectivity index (χ0) is 17.5. The fourth-order valence-corrected chi connectivity index (χ4v) is 2.32. The molecule has 0 bridgehead atoms. The highest BCUT2D eigenvalue weighted by Gasteiger charge is 2.11. The first-order valence-corrected chi connectivity index (χ1v) is 7.93. The molecule has 0 fully saturated rings. The Kier molecular flexibility index (Phi) is 5.21. The molecule has 0 amide bonds. The molecule has 0 aliphatic carbocycles. The fraction of sp³-hybridized carbons (Fsp3) is 0.105. The van der Waals surface area contributed by atoms with Crippen LogP contribution in [0.2, 0.25) is 0 Å². The Labute approximate surface area is 145 Å². The number of nitrogens with one attached hydrogen (secondary N) is 2. The number of nitrogens with zero attached hydrogens (tertiary/aromatic N) is 2. The fourth-order valence-electron chi connectivity index (χ4n) is 2.32. The third-order valence-corrected chi connectivity index (χ3v) is 3.51. The van der Waals surface area contributed by atoms with Crippen molar-refractivity contribution in [1.82, 2.24) is 9.97 Å². The van der Waals surface area contributed by atoms with Gasteiger partial charge in [0.25, 0.3) is 0 Å². The molecule has 1 aromatic heterocycles. The standard InChI is InChI=1S/C19H18N4O2/c24-19(25)16-13-17(21-12-11-20-15-9-5-2-6-10-15)23-18(22-16)14-7-3-1-4-8-14/h1-10,13,20H,11-12H2,(H,24,25)(H,21,22,23). The average molecular weight is 334 g/mol. The van der Waals surface area contributed by atoms with E-state index in [2.05, 4.69) is 20.6 Å². The lowest BCUT2D eigenvalue weighted by molar-refractivity contribution is 0.0690. The van der Waals surface area contributed by atoms with Gasteiger partial charge in [-0.05, 0) is 12.1 Å². The van der Waals surface area contributed by atoms with Crippen LogP contribution in [0, 0.1) is 0 Å². The van der Waals surface area contributed by atoms with Crippen LogP contribution in [0.5, 0.6) is 0 Å². The van der Waals surface area contributed by atoms with E-state index < -0.39 is 5.97 Å². The molecule has 0 saturated carbocycles. The summed E-state index contributed by atoms with van der Waals surface area (Å²) in [6, 6.07) is 20.6. The molecular weight excluding hydrogens is 316 g/mol. The predicted octanol–water partition coefficient (Wildman–Crippen LogP) is 3.37. The second kappa shape index (κ2) is 7.92. The maximum atomic E-state index is 11.3. The van der Waals surface area contributed by atoms with Crippen molar-refractivity contribution in [2.45, 2.75) is 0 Å². The molecule has 3 aromatic rings. The minimum Gasteiger partial charge on any atom is -0.477 e. The summed E-state index contributed by atoms with van der Waals surface area (Å²) >= 11 is 0. The Morgan fingerprint density at radius 2 is 1.52 bits per heavy atom. The van der Waals surface area contributed by atoms with Crippen LogP contribution in [0.25, 0.3) is 11.4 Å². The molecule has 0 atom stereocenters. The van der Waals surface area contributed by atoms with E-state index >= 15 is 0 Å². The highest BCUT2D eigenvalue weighted by atomic mass is 16.4. The Morgan fingerprint density at radius 1 is 0.880 bits per heavy atom. The second-order valence-electron chi connectivity index (χ2n) is 5.35. The van der Waals surface area contributed by atoms with Gasteiger partial charge in [0.2, 0.25) is 0 Å². The van der Waals surface area contributed by atoms with E-state index in [4.69, 9.17) is 0 Å². The summed E-state index contributed by atoms with van der Waals surface area (Å²) in [6.07, 6.45) is 0. The van der Waals surface area contributed by atoms with Gasteiger partial charge in [-0.25, -0.2) is 14.8 Å². The molecule has 2 aromatic carbocycles. The normalized spacial score (nSPS) is 10.2. The third-order valence-electron chi connectivity index (χ3n) is 3.51. The number of para-hydroxylation sites is 1. The van der Waals surface area contributed by atoms with Crippen LogP contribution in [-0.2, 0) is 0 Å². The lowest BCUT2D eigenvalue weighted by Gasteiger charge is -2.10. The summed E-state index contributed by atoms with van der Waals surface area (Å²) < 4.78 is 0. The second-order valence-corrected chi connectivity index (χ2v) is 5.35. The number of aromatic carboxylic acids is 1. The number of carboxylic acid groups (broad SMARTS) is 1. The highest BCUT2D eigenvalue weighted by Crippen LogP contribution is 2.17. The minimum atomic E-state index is -1.08. The molecule has 0 unspecified atom stereocenters. The van der Waals surface area contributed by atoms with Crippen molar-refractivity contribution in [3.63, 3.8) is 0 Å². The average Bonchev–Trinajstić information content (AvgIpc) is 2.66. The molecule has 126 valence electrons. The van der Waals surface area contributed by atoms with Gasteiger partial charge in [-0.1, -0.05) is 48.5 Å². The van der Waals surface area contributed by atoms with E-state index in [1.165, 1.54) is 6.07 Å². The van der Waals surface area contributed by atoms with E-state index in [0.717, 1.165) is 11.3 Å². The molecule has 3 N–H and O–H groups in total. The number of anilines is 2. The van der Waals surface area contributed by atoms with Gasteiger partial charge in [-0.15, -0.1) is 0 Å². The van der Waals surface area contributed by atoms with Crippen molar-refractivity contribution in [1.29, 1.82) is 0 Å². The van der Waals surface area contributed by atoms with Gasteiger partial charge in [0, 0.05) is 30.4 Å². The van der Waals surface area contributed by atoms with Gasteiger partial charge in [-0.3, -0.25) is 0 Å². The largest absolute Gasteiger partial charge is 0.477 e. The van der Waals surface area contributed by atoms with E-state index in [1.54, 1.807) is 0 Å². The van der Waals surface area contributed by atoms with Crippen LogP contribution in [0.4, 0.5) is 11.5 Å². The molecule has 0 aliphatic rings. The third kappa shape index (κ3) is 4.54. The van der Waals surface area contributed by atoms with Crippen LogP contribution < -0.4 is 10.6 Å².